The van der Waals surface area contributed by atoms with Crippen molar-refractivity contribution in [3.63, 3.8) is 0 Å². The molecule has 0 radical (unpaired) electrons. The van der Waals surface area contributed by atoms with Gasteiger partial charge >= 0.3 is 6.18 Å². The summed E-state index contributed by atoms with van der Waals surface area (Å²) in [5.74, 6) is 0.176. The Balaban J connectivity index is 1.37. The third kappa shape index (κ3) is 6.21. The van der Waals surface area contributed by atoms with Crippen molar-refractivity contribution in [3.05, 3.63) is 82.7 Å². The number of pyridine rings is 1. The second-order valence-corrected chi connectivity index (χ2v) is 9.27. The third-order valence-electron chi connectivity index (χ3n) is 5.96. The fourth-order valence-corrected chi connectivity index (χ4v) is 4.48. The summed E-state index contributed by atoms with van der Waals surface area (Å²) in [4.78, 5) is 22.2. The summed E-state index contributed by atoms with van der Waals surface area (Å²) in [5, 5.41) is 0.461. The molecule has 2 aliphatic heterocycles. The van der Waals surface area contributed by atoms with Crippen molar-refractivity contribution in [2.75, 3.05) is 42.5 Å². The van der Waals surface area contributed by atoms with Crippen LogP contribution in [0.4, 0.5) is 24.7 Å². The fraction of sp³-hybridized carbons (Fsp3) is 0.280. The van der Waals surface area contributed by atoms with E-state index in [-0.39, 0.29) is 0 Å². The van der Waals surface area contributed by atoms with Gasteiger partial charge in [0.15, 0.2) is 5.82 Å². The first-order valence-corrected chi connectivity index (χ1v) is 12.0. The molecule has 190 valence electrons. The molecule has 0 bridgehead atoms. The van der Waals surface area contributed by atoms with Crippen molar-refractivity contribution < 1.29 is 18.0 Å². The molecule has 0 saturated carbocycles. The SMILES string of the molecule is NC(=O)C1=CC(Cl)N(c2cc(Cl)cnc2N2CCN(C/C=C/c3ccc(C(F)(F)F)cc3)CC2)C=C1. The number of anilines is 2. The molecule has 36 heavy (non-hydrogen) atoms. The molecule has 2 aromatic rings. The summed E-state index contributed by atoms with van der Waals surface area (Å²) in [6.45, 7) is 3.64. The minimum Gasteiger partial charge on any atom is -0.366 e. The molecule has 1 atom stereocenters. The van der Waals surface area contributed by atoms with Crippen LogP contribution in [0.5, 0.6) is 0 Å². The second kappa shape index (κ2) is 10.9. The number of aromatic nitrogens is 1. The Labute approximate surface area is 217 Å². The first kappa shape index (κ1) is 26.1. The summed E-state index contributed by atoms with van der Waals surface area (Å²) in [7, 11) is 0. The van der Waals surface area contributed by atoms with Gasteiger partial charge < -0.3 is 15.5 Å². The van der Waals surface area contributed by atoms with Gasteiger partial charge in [-0.25, -0.2) is 4.98 Å². The van der Waals surface area contributed by atoms with Crippen LogP contribution < -0.4 is 15.5 Å². The molecule has 6 nitrogen and oxygen atoms in total. The molecule has 1 saturated heterocycles. The zero-order valence-corrected chi connectivity index (χ0v) is 20.6. The van der Waals surface area contributed by atoms with Gasteiger partial charge in [-0.05, 0) is 35.9 Å². The van der Waals surface area contributed by atoms with Crippen LogP contribution in [0.2, 0.25) is 5.02 Å². The van der Waals surface area contributed by atoms with E-state index in [0.717, 1.165) is 36.6 Å². The predicted molar refractivity (Wildman–Crippen MR) is 137 cm³/mol. The molecular weight excluding hydrogens is 514 g/mol. The van der Waals surface area contributed by atoms with Crippen LogP contribution in [0.1, 0.15) is 11.1 Å². The van der Waals surface area contributed by atoms with Crippen molar-refractivity contribution in [2.24, 2.45) is 5.73 Å². The summed E-state index contributed by atoms with van der Waals surface area (Å²) in [5.41, 5.74) is 5.84. The largest absolute Gasteiger partial charge is 0.416 e. The molecule has 1 unspecified atom stereocenters. The number of nitrogens with two attached hydrogens (primary N) is 1. The van der Waals surface area contributed by atoms with Crippen LogP contribution in [0.25, 0.3) is 6.08 Å². The number of amides is 1. The molecule has 0 aliphatic carbocycles. The van der Waals surface area contributed by atoms with E-state index < -0.39 is 23.1 Å². The predicted octanol–water partition coefficient (Wildman–Crippen LogP) is 4.90. The van der Waals surface area contributed by atoms with E-state index in [1.807, 2.05) is 12.2 Å². The minimum atomic E-state index is -4.33. The standard InChI is InChI=1S/C25H24Cl2F3N5O/c26-20-15-21(35-9-7-18(23(31)36)14-22(35)27)24(32-16-20)34-12-10-33(11-13-34)8-1-2-17-3-5-19(6-4-17)25(28,29)30/h1-7,9,14-16,22H,8,10-13H2,(H2,31,36)/b2-1+. The number of carbonyl (C=O) groups excluding carboxylic acids is 1. The van der Waals surface area contributed by atoms with Gasteiger partial charge in [0.1, 0.15) is 5.50 Å². The Hall–Kier alpha value is -3.01. The number of rotatable bonds is 6. The van der Waals surface area contributed by atoms with Crippen LogP contribution in [0.3, 0.4) is 0 Å². The summed E-state index contributed by atoms with van der Waals surface area (Å²) in [6.07, 6.45) is 5.89. The van der Waals surface area contributed by atoms with Crippen molar-refractivity contribution in [3.8, 4) is 0 Å². The lowest BCUT2D eigenvalue weighted by Gasteiger charge is -2.37. The zero-order valence-electron chi connectivity index (χ0n) is 19.1. The fourth-order valence-electron chi connectivity index (χ4n) is 4.02. The maximum absolute atomic E-state index is 12.7. The van der Waals surface area contributed by atoms with E-state index >= 15 is 0 Å². The highest BCUT2D eigenvalue weighted by Crippen LogP contribution is 2.35. The molecule has 2 N–H and O–H groups in total. The molecule has 3 heterocycles. The Bertz CT molecular complexity index is 1190. The molecule has 1 aromatic heterocycles. The van der Waals surface area contributed by atoms with Gasteiger partial charge in [-0.15, -0.1) is 0 Å². The summed E-state index contributed by atoms with van der Waals surface area (Å²) >= 11 is 12.7. The topological polar surface area (TPSA) is 65.7 Å². The highest BCUT2D eigenvalue weighted by molar-refractivity contribution is 6.31. The van der Waals surface area contributed by atoms with Crippen molar-refractivity contribution in [1.29, 1.82) is 0 Å². The highest BCUT2D eigenvalue weighted by atomic mass is 35.5. The van der Waals surface area contributed by atoms with E-state index in [0.29, 0.717) is 35.9 Å². The van der Waals surface area contributed by atoms with Gasteiger partial charge in [0.05, 0.1) is 16.3 Å². The number of alkyl halides is 4. The molecule has 0 spiro atoms. The van der Waals surface area contributed by atoms with Crippen LogP contribution in [-0.4, -0.2) is 54.0 Å². The van der Waals surface area contributed by atoms with E-state index in [1.54, 1.807) is 35.5 Å². The van der Waals surface area contributed by atoms with Crippen LogP contribution >= 0.6 is 23.2 Å². The second-order valence-electron chi connectivity index (χ2n) is 8.39. The van der Waals surface area contributed by atoms with E-state index in [1.165, 1.54) is 12.1 Å². The van der Waals surface area contributed by atoms with Crippen LogP contribution in [0, 0.1) is 0 Å². The molecule has 1 fully saturated rings. The lowest BCUT2D eigenvalue weighted by molar-refractivity contribution is -0.137. The molecule has 4 rings (SSSR count). The van der Waals surface area contributed by atoms with Crippen molar-refractivity contribution in [1.82, 2.24) is 9.88 Å². The van der Waals surface area contributed by atoms with Gasteiger partial charge in [-0.1, -0.05) is 47.5 Å². The molecule has 1 aromatic carbocycles. The van der Waals surface area contributed by atoms with Gasteiger partial charge in [-0.3, -0.25) is 9.69 Å². The summed E-state index contributed by atoms with van der Waals surface area (Å²) < 4.78 is 38.1. The first-order chi connectivity index (χ1) is 17.1. The number of hydrogen-bond donors (Lipinski definition) is 1. The molecule has 1 amide bonds. The quantitative estimate of drug-likeness (QED) is 0.419. The highest BCUT2D eigenvalue weighted by Gasteiger charge is 2.30. The number of nitrogens with zero attached hydrogens (tertiary/aromatic N) is 4. The maximum atomic E-state index is 12.7. The first-order valence-electron chi connectivity index (χ1n) is 11.2. The Morgan fingerprint density at radius 3 is 2.47 bits per heavy atom. The van der Waals surface area contributed by atoms with Crippen molar-refractivity contribution >= 4 is 46.7 Å². The number of piperazine rings is 1. The number of primary amides is 1. The van der Waals surface area contributed by atoms with E-state index in [2.05, 4.69) is 14.8 Å². The monoisotopic (exact) mass is 537 g/mol. The molecule has 2 aliphatic rings. The van der Waals surface area contributed by atoms with Crippen LogP contribution in [0.15, 0.2) is 66.5 Å². The average molecular weight is 538 g/mol. The van der Waals surface area contributed by atoms with Crippen molar-refractivity contribution in [2.45, 2.75) is 11.7 Å². The summed E-state index contributed by atoms with van der Waals surface area (Å²) in [6, 6.07) is 6.88. The molecular formula is C25H24Cl2F3N5O. The normalized spacial score (nSPS) is 19.1. The average Bonchev–Trinajstić information content (AvgIpc) is 2.84. The van der Waals surface area contributed by atoms with E-state index in [4.69, 9.17) is 28.9 Å². The maximum Gasteiger partial charge on any atom is 0.416 e. The minimum absolute atomic E-state index is 0.334. The zero-order chi connectivity index (χ0) is 25.9. The number of halogens is 5. The smallest absolute Gasteiger partial charge is 0.366 e. The van der Waals surface area contributed by atoms with E-state index in [9.17, 15) is 18.0 Å². The number of hydrogen-bond acceptors (Lipinski definition) is 5. The van der Waals surface area contributed by atoms with Gasteiger partial charge in [0.25, 0.3) is 0 Å². The number of carbonyl (C=O) groups is 1. The van der Waals surface area contributed by atoms with Gasteiger partial charge in [0.2, 0.25) is 5.91 Å². The van der Waals surface area contributed by atoms with Gasteiger partial charge in [0, 0.05) is 50.7 Å². The van der Waals surface area contributed by atoms with Crippen LogP contribution in [-0.2, 0) is 11.0 Å². The third-order valence-corrected chi connectivity index (χ3v) is 6.50. The Kier molecular flexibility index (Phi) is 7.92. The lowest BCUT2D eigenvalue weighted by atomic mass is 10.1. The Morgan fingerprint density at radius 1 is 1.17 bits per heavy atom. The Morgan fingerprint density at radius 2 is 1.86 bits per heavy atom. The number of benzene rings is 1. The van der Waals surface area contributed by atoms with Gasteiger partial charge in [-0.2, -0.15) is 13.2 Å². The molecule has 11 heteroatoms. The lowest BCUT2D eigenvalue weighted by Crippen LogP contribution is -2.47.